The molecular formula is C14H17FN6O3. The number of tetrazole rings is 1. The molecule has 0 spiro atoms. The molecule has 0 saturated heterocycles. The number of aliphatic carboxylic acids is 1. The van der Waals surface area contributed by atoms with Gasteiger partial charge in [-0.25, -0.2) is 9.18 Å². The number of carbonyl (C=O) groups is 2. The molecule has 2 aromatic rings. The third-order valence-electron chi connectivity index (χ3n) is 3.37. The monoisotopic (exact) mass is 336 g/mol. The topological polar surface area (TPSA) is 113 Å². The summed E-state index contributed by atoms with van der Waals surface area (Å²) in [5, 5.41) is 22.3. The van der Waals surface area contributed by atoms with Crippen LogP contribution >= 0.6 is 0 Å². The third-order valence-corrected chi connectivity index (χ3v) is 3.37. The highest BCUT2D eigenvalue weighted by Crippen LogP contribution is 2.19. The molecule has 0 aliphatic carbocycles. The molecule has 128 valence electrons. The number of nitrogens with one attached hydrogen (secondary N) is 1. The SMILES string of the molecule is Cc1nnnn1-c1cc(NC(=O)N(C)CC(C)C(=O)O)ccc1F. The quantitative estimate of drug-likeness (QED) is 0.851. The van der Waals surface area contributed by atoms with E-state index in [4.69, 9.17) is 5.11 Å². The van der Waals surface area contributed by atoms with Gasteiger partial charge in [0.1, 0.15) is 11.5 Å². The van der Waals surface area contributed by atoms with Crippen molar-refractivity contribution in [2.75, 3.05) is 18.9 Å². The van der Waals surface area contributed by atoms with Gasteiger partial charge < -0.3 is 15.3 Å². The summed E-state index contributed by atoms with van der Waals surface area (Å²) in [6.07, 6.45) is 0. The number of carboxylic acid groups (broad SMARTS) is 1. The van der Waals surface area contributed by atoms with Gasteiger partial charge in [-0.1, -0.05) is 6.92 Å². The molecule has 0 aliphatic heterocycles. The minimum Gasteiger partial charge on any atom is -0.481 e. The zero-order valence-electron chi connectivity index (χ0n) is 13.4. The van der Waals surface area contributed by atoms with Crippen LogP contribution in [0.25, 0.3) is 5.69 Å². The van der Waals surface area contributed by atoms with E-state index in [1.165, 1.54) is 41.8 Å². The van der Waals surface area contributed by atoms with Crippen molar-refractivity contribution in [1.29, 1.82) is 0 Å². The molecule has 9 nitrogen and oxygen atoms in total. The predicted molar refractivity (Wildman–Crippen MR) is 82.3 cm³/mol. The lowest BCUT2D eigenvalue weighted by Crippen LogP contribution is -2.36. The summed E-state index contributed by atoms with van der Waals surface area (Å²) >= 11 is 0. The highest BCUT2D eigenvalue weighted by molar-refractivity contribution is 5.89. The van der Waals surface area contributed by atoms with Gasteiger partial charge in [-0.05, 0) is 35.5 Å². The van der Waals surface area contributed by atoms with Crippen LogP contribution in [-0.2, 0) is 4.79 Å². The van der Waals surface area contributed by atoms with Gasteiger partial charge in [0.15, 0.2) is 5.82 Å². The second-order valence-corrected chi connectivity index (χ2v) is 5.35. The molecule has 0 aliphatic rings. The van der Waals surface area contributed by atoms with Crippen LogP contribution < -0.4 is 5.32 Å². The van der Waals surface area contributed by atoms with E-state index < -0.39 is 23.7 Å². The Kier molecular flexibility index (Phi) is 5.07. The van der Waals surface area contributed by atoms with Crippen molar-refractivity contribution < 1.29 is 19.1 Å². The lowest BCUT2D eigenvalue weighted by molar-refractivity contribution is -0.141. The number of carboxylic acids is 1. The zero-order chi connectivity index (χ0) is 17.9. The first-order valence-electron chi connectivity index (χ1n) is 7.09. The number of aromatic nitrogens is 4. The number of carbonyl (C=O) groups excluding carboxylic acids is 1. The molecule has 2 rings (SSSR count). The first kappa shape index (κ1) is 17.3. The van der Waals surface area contributed by atoms with E-state index in [2.05, 4.69) is 20.8 Å². The molecule has 1 unspecified atom stereocenters. The highest BCUT2D eigenvalue weighted by Gasteiger charge is 2.18. The van der Waals surface area contributed by atoms with Crippen LogP contribution in [0.2, 0.25) is 0 Å². The molecule has 0 saturated carbocycles. The fourth-order valence-corrected chi connectivity index (χ4v) is 2.00. The average Bonchev–Trinajstić information content (AvgIpc) is 2.94. The molecule has 1 heterocycles. The van der Waals surface area contributed by atoms with Crippen molar-refractivity contribution in [3.63, 3.8) is 0 Å². The minimum atomic E-state index is -0.993. The van der Waals surface area contributed by atoms with Crippen LogP contribution in [0.3, 0.4) is 0 Å². The van der Waals surface area contributed by atoms with E-state index in [-0.39, 0.29) is 12.2 Å². The lowest BCUT2D eigenvalue weighted by atomic mass is 10.2. The Bertz CT molecular complexity index is 763. The molecular weight excluding hydrogens is 319 g/mol. The van der Waals surface area contributed by atoms with Crippen LogP contribution in [0.5, 0.6) is 0 Å². The predicted octanol–water partition coefficient (Wildman–Crippen LogP) is 1.29. The molecule has 0 radical (unpaired) electrons. The van der Waals surface area contributed by atoms with Gasteiger partial charge in [-0.3, -0.25) is 4.79 Å². The molecule has 1 aromatic heterocycles. The smallest absolute Gasteiger partial charge is 0.321 e. The van der Waals surface area contributed by atoms with Crippen molar-refractivity contribution in [2.24, 2.45) is 5.92 Å². The van der Waals surface area contributed by atoms with Crippen molar-refractivity contribution in [3.8, 4) is 5.69 Å². The van der Waals surface area contributed by atoms with Gasteiger partial charge in [-0.15, -0.1) is 5.10 Å². The fourth-order valence-electron chi connectivity index (χ4n) is 2.00. The Morgan fingerprint density at radius 2 is 2.17 bits per heavy atom. The Labute approximate surface area is 137 Å². The number of rotatable bonds is 5. The number of halogens is 1. The molecule has 10 heteroatoms. The van der Waals surface area contributed by atoms with Gasteiger partial charge >= 0.3 is 12.0 Å². The summed E-state index contributed by atoms with van der Waals surface area (Å²) in [4.78, 5) is 24.2. The Hall–Kier alpha value is -3.04. The summed E-state index contributed by atoms with van der Waals surface area (Å²) < 4.78 is 15.2. The average molecular weight is 336 g/mol. The number of aryl methyl sites for hydroxylation is 1. The number of anilines is 1. The molecule has 1 atom stereocenters. The fraction of sp³-hybridized carbons (Fsp3) is 0.357. The molecule has 0 bridgehead atoms. The number of urea groups is 1. The minimum absolute atomic E-state index is 0.0430. The molecule has 0 fully saturated rings. The number of amides is 2. The summed E-state index contributed by atoms with van der Waals surface area (Å²) in [5.74, 6) is -1.85. The Morgan fingerprint density at radius 1 is 1.46 bits per heavy atom. The van der Waals surface area contributed by atoms with Gasteiger partial charge in [0.2, 0.25) is 0 Å². The van der Waals surface area contributed by atoms with Crippen molar-refractivity contribution in [3.05, 3.63) is 29.8 Å². The summed E-state index contributed by atoms with van der Waals surface area (Å²) in [6, 6.07) is 3.47. The standard InChI is InChI=1S/C14H17FN6O3/c1-8(13(22)23)7-20(3)14(24)16-10-4-5-11(15)12(6-10)21-9(2)17-18-19-21/h4-6,8H,7H2,1-3H3,(H,16,24)(H,22,23). The molecule has 2 N–H and O–H groups in total. The number of hydrogen-bond donors (Lipinski definition) is 2. The third kappa shape index (κ3) is 3.83. The number of nitrogens with zero attached hydrogens (tertiary/aromatic N) is 5. The Morgan fingerprint density at radius 3 is 2.75 bits per heavy atom. The van der Waals surface area contributed by atoms with E-state index in [0.717, 1.165) is 0 Å². The van der Waals surface area contributed by atoms with Crippen molar-refractivity contribution in [2.45, 2.75) is 13.8 Å². The number of hydrogen-bond acceptors (Lipinski definition) is 5. The maximum absolute atomic E-state index is 14.0. The summed E-state index contributed by atoms with van der Waals surface area (Å²) in [5.41, 5.74) is 0.429. The molecule has 1 aromatic carbocycles. The van der Waals surface area contributed by atoms with Gasteiger partial charge in [0.05, 0.1) is 5.92 Å². The maximum atomic E-state index is 14.0. The maximum Gasteiger partial charge on any atom is 0.321 e. The second kappa shape index (κ2) is 7.02. The summed E-state index contributed by atoms with van der Waals surface area (Å²) in [6.45, 7) is 3.16. The molecule has 2 amide bonds. The van der Waals surface area contributed by atoms with E-state index in [1.807, 2.05) is 0 Å². The van der Waals surface area contributed by atoms with Crippen molar-refractivity contribution in [1.82, 2.24) is 25.1 Å². The first-order valence-corrected chi connectivity index (χ1v) is 7.09. The summed E-state index contributed by atoms with van der Waals surface area (Å²) in [7, 11) is 1.48. The van der Waals surface area contributed by atoms with E-state index in [0.29, 0.717) is 11.5 Å². The van der Waals surface area contributed by atoms with E-state index in [9.17, 15) is 14.0 Å². The second-order valence-electron chi connectivity index (χ2n) is 5.35. The van der Waals surface area contributed by atoms with Crippen LogP contribution in [0.4, 0.5) is 14.9 Å². The van der Waals surface area contributed by atoms with Crippen LogP contribution in [0.1, 0.15) is 12.7 Å². The Balaban J connectivity index is 2.14. The number of benzene rings is 1. The largest absolute Gasteiger partial charge is 0.481 e. The van der Waals surface area contributed by atoms with Gasteiger partial charge in [0, 0.05) is 19.3 Å². The zero-order valence-corrected chi connectivity index (χ0v) is 13.4. The van der Waals surface area contributed by atoms with Gasteiger partial charge in [-0.2, -0.15) is 4.68 Å². The van der Waals surface area contributed by atoms with Crippen LogP contribution in [-0.4, -0.2) is 55.8 Å². The first-order chi connectivity index (χ1) is 11.3. The van der Waals surface area contributed by atoms with Gasteiger partial charge in [0.25, 0.3) is 0 Å². The van der Waals surface area contributed by atoms with Crippen LogP contribution in [0, 0.1) is 18.7 Å². The normalized spacial score (nSPS) is 11.8. The lowest BCUT2D eigenvalue weighted by Gasteiger charge is -2.20. The van der Waals surface area contributed by atoms with Crippen LogP contribution in [0.15, 0.2) is 18.2 Å². The van der Waals surface area contributed by atoms with E-state index in [1.54, 1.807) is 6.92 Å². The van der Waals surface area contributed by atoms with Crippen molar-refractivity contribution >= 4 is 17.7 Å². The highest BCUT2D eigenvalue weighted by atomic mass is 19.1. The molecule has 24 heavy (non-hydrogen) atoms. The van der Waals surface area contributed by atoms with E-state index >= 15 is 0 Å².